The van der Waals surface area contributed by atoms with Gasteiger partial charge in [0.1, 0.15) is 0 Å². The Balaban J connectivity index is 0.000000371. The van der Waals surface area contributed by atoms with Crippen LogP contribution in [0.3, 0.4) is 0 Å². The highest BCUT2D eigenvalue weighted by atomic mass is 19.3. The molecule has 0 spiro atoms. The van der Waals surface area contributed by atoms with E-state index in [0.29, 0.717) is 30.9 Å². The van der Waals surface area contributed by atoms with Crippen LogP contribution in [-0.2, 0) is 0 Å². The van der Waals surface area contributed by atoms with Gasteiger partial charge in [-0.25, -0.2) is 17.6 Å². The summed E-state index contributed by atoms with van der Waals surface area (Å²) in [6, 6.07) is 17.3. The summed E-state index contributed by atoms with van der Waals surface area (Å²) in [6.45, 7) is 0.474. The van der Waals surface area contributed by atoms with Gasteiger partial charge < -0.3 is 20.5 Å². The van der Waals surface area contributed by atoms with Crippen LogP contribution in [0.15, 0.2) is 60.7 Å². The molecule has 2 aliphatic heterocycles. The number of hydrogen-bond donors (Lipinski definition) is 2. The number of hydrogen-bond acceptors (Lipinski definition) is 4. The largest absolute Gasteiger partial charge is 0.631 e. The Morgan fingerprint density at radius 3 is 1.62 bits per heavy atom. The first-order valence-corrected chi connectivity index (χ1v) is 12.2. The molecule has 0 aliphatic carbocycles. The van der Waals surface area contributed by atoms with E-state index in [9.17, 15) is 32.4 Å². The van der Waals surface area contributed by atoms with E-state index in [1.54, 1.807) is 54.6 Å². The van der Waals surface area contributed by atoms with E-state index >= 15 is 0 Å². The number of quaternary nitrogens is 1. The monoisotopic (exact) mass is 556 g/mol. The molecule has 0 saturated carbocycles. The first-order valence-electron chi connectivity index (χ1n) is 12.2. The summed E-state index contributed by atoms with van der Waals surface area (Å²) in [5, 5.41) is 17.4. The number of carbonyl (C=O) groups excluding carboxylic acids is 2. The Hall–Kier alpha value is -3.02. The van der Waals surface area contributed by atoms with Gasteiger partial charge in [0.2, 0.25) is 0 Å². The fourth-order valence-electron chi connectivity index (χ4n) is 3.95. The van der Waals surface area contributed by atoms with Crippen LogP contribution in [0.25, 0.3) is 0 Å². The van der Waals surface area contributed by atoms with Gasteiger partial charge in [0.25, 0.3) is 23.7 Å². The van der Waals surface area contributed by atoms with Gasteiger partial charge in [0.05, 0.1) is 32.6 Å². The van der Waals surface area contributed by atoms with Gasteiger partial charge in [-0.3, -0.25) is 14.5 Å². The average molecular weight is 557 g/mol. The van der Waals surface area contributed by atoms with E-state index in [1.807, 2.05) is 11.0 Å². The molecule has 0 unspecified atom stereocenters. The Bertz CT molecular complexity index is 1010. The number of nitrogens with one attached hydrogen (secondary N) is 2. The second-order valence-corrected chi connectivity index (χ2v) is 9.40. The standard InChI is InChI=1S/C13H16F2N2O2.C13H16F2N2O.2CH4/c14-13(15)6-8-17(19,9-7-13)10-16-12(18)11-4-2-1-3-5-11;14-13(15)6-8-17(9-7-13)10-16-12(18)11-4-2-1-3-5-11;;/h1-5H,6-10H2,(H,16,18);1-5H,6-10H2,(H,16,18);2*1H4. The molecule has 39 heavy (non-hydrogen) atoms. The predicted molar refractivity (Wildman–Crippen MR) is 144 cm³/mol. The number of nitrogens with zero attached hydrogens (tertiary/aromatic N) is 2. The van der Waals surface area contributed by atoms with Crippen molar-refractivity contribution in [3.8, 4) is 0 Å². The molecule has 11 heteroatoms. The molecule has 7 nitrogen and oxygen atoms in total. The summed E-state index contributed by atoms with van der Waals surface area (Å²) in [6.07, 6.45) is -1.10. The molecular weight excluding hydrogens is 516 g/mol. The maximum atomic E-state index is 13.0. The molecule has 0 aromatic heterocycles. The lowest BCUT2D eigenvalue weighted by Gasteiger charge is -2.46. The molecule has 0 bridgehead atoms. The fraction of sp³-hybridized carbons (Fsp3) is 0.500. The highest BCUT2D eigenvalue weighted by molar-refractivity contribution is 5.94. The lowest BCUT2D eigenvalue weighted by atomic mass is 10.1. The summed E-state index contributed by atoms with van der Waals surface area (Å²) in [5.41, 5.74) is 1.04. The first-order chi connectivity index (χ1) is 17.5. The van der Waals surface area contributed by atoms with E-state index in [2.05, 4.69) is 10.6 Å². The van der Waals surface area contributed by atoms with E-state index in [-0.39, 0.29) is 59.3 Å². The normalized spacial score (nSPS) is 19.1. The van der Waals surface area contributed by atoms with Crippen LogP contribution in [0.4, 0.5) is 17.6 Å². The van der Waals surface area contributed by atoms with Crippen LogP contribution in [0.5, 0.6) is 0 Å². The zero-order chi connectivity index (χ0) is 26.9. The molecule has 2 fully saturated rings. The smallest absolute Gasteiger partial charge is 0.258 e. The summed E-state index contributed by atoms with van der Waals surface area (Å²) < 4.78 is 51.0. The maximum absolute atomic E-state index is 13.0. The van der Waals surface area contributed by atoms with Crippen molar-refractivity contribution >= 4 is 11.8 Å². The highest BCUT2D eigenvalue weighted by Crippen LogP contribution is 2.30. The van der Waals surface area contributed by atoms with Crippen LogP contribution < -0.4 is 10.6 Å². The minimum absolute atomic E-state index is 0. The zero-order valence-corrected chi connectivity index (χ0v) is 20.5. The molecule has 4 rings (SSSR count). The lowest BCUT2D eigenvalue weighted by Crippen LogP contribution is -2.56. The molecule has 0 radical (unpaired) electrons. The van der Waals surface area contributed by atoms with Crippen LogP contribution >= 0.6 is 0 Å². The highest BCUT2D eigenvalue weighted by Gasteiger charge is 2.39. The number of benzene rings is 2. The minimum atomic E-state index is -2.74. The number of alkyl halides is 4. The molecular formula is C28H40F4N4O3. The van der Waals surface area contributed by atoms with Crippen molar-refractivity contribution in [3.63, 3.8) is 0 Å². The fourth-order valence-corrected chi connectivity index (χ4v) is 3.95. The van der Waals surface area contributed by atoms with Gasteiger partial charge in [-0.05, 0) is 24.3 Å². The number of halogens is 4. The zero-order valence-electron chi connectivity index (χ0n) is 20.5. The second-order valence-electron chi connectivity index (χ2n) is 9.40. The van der Waals surface area contributed by atoms with Gasteiger partial charge in [0, 0.05) is 37.1 Å². The van der Waals surface area contributed by atoms with E-state index in [0.717, 1.165) is 0 Å². The SMILES string of the molecule is C.C.O=C(NCN1CCC(F)(F)CC1)c1ccccc1.O=C(NC[N+]1([O-])CCC(F)(F)CC1)c1ccccc1. The van der Waals surface area contributed by atoms with E-state index in [4.69, 9.17) is 0 Å². The van der Waals surface area contributed by atoms with Gasteiger partial charge in [-0.2, -0.15) is 0 Å². The van der Waals surface area contributed by atoms with Crippen molar-refractivity contribution in [1.82, 2.24) is 15.5 Å². The van der Waals surface area contributed by atoms with Crippen molar-refractivity contribution in [2.45, 2.75) is 52.4 Å². The average Bonchev–Trinajstić information content (AvgIpc) is 2.90. The molecule has 218 valence electrons. The third-order valence-electron chi connectivity index (χ3n) is 6.42. The van der Waals surface area contributed by atoms with Crippen LogP contribution in [0.1, 0.15) is 61.3 Å². The molecule has 2 saturated heterocycles. The molecule has 2 heterocycles. The first kappa shape index (κ1) is 34.0. The van der Waals surface area contributed by atoms with E-state index in [1.165, 1.54) is 0 Å². The van der Waals surface area contributed by atoms with Crippen LogP contribution in [0, 0.1) is 5.21 Å². The Morgan fingerprint density at radius 1 is 0.744 bits per heavy atom. The molecule has 2 aromatic carbocycles. The van der Waals surface area contributed by atoms with Gasteiger partial charge in [0.15, 0.2) is 6.67 Å². The number of carbonyl (C=O) groups is 2. The number of hydroxylamine groups is 3. The summed E-state index contributed by atoms with van der Waals surface area (Å²) in [7, 11) is 0. The predicted octanol–water partition coefficient (Wildman–Crippen LogP) is 5.49. The van der Waals surface area contributed by atoms with Gasteiger partial charge in [-0.1, -0.05) is 51.3 Å². The molecule has 2 N–H and O–H groups in total. The Labute approximate surface area is 228 Å². The Kier molecular flexibility index (Phi) is 13.0. The number of likely N-dealkylation sites (tertiary alicyclic amines) is 2. The van der Waals surface area contributed by atoms with Crippen molar-refractivity contribution in [2.75, 3.05) is 39.5 Å². The molecule has 2 aromatic rings. The van der Waals surface area contributed by atoms with Crippen LogP contribution in [0.2, 0.25) is 0 Å². The topological polar surface area (TPSA) is 84.5 Å². The Morgan fingerprint density at radius 2 is 1.15 bits per heavy atom. The summed E-state index contributed by atoms with van der Waals surface area (Å²) >= 11 is 0. The van der Waals surface area contributed by atoms with Gasteiger partial charge in [-0.15, -0.1) is 0 Å². The van der Waals surface area contributed by atoms with E-state index < -0.39 is 29.3 Å². The molecule has 2 aliphatic rings. The van der Waals surface area contributed by atoms with Crippen molar-refractivity contribution < 1.29 is 31.8 Å². The second kappa shape index (κ2) is 14.9. The quantitative estimate of drug-likeness (QED) is 0.280. The number of piperidine rings is 2. The lowest BCUT2D eigenvalue weighted by molar-refractivity contribution is -0.890. The summed E-state index contributed by atoms with van der Waals surface area (Å²) in [4.78, 5) is 25.3. The third kappa shape index (κ3) is 11.3. The van der Waals surface area contributed by atoms with Crippen molar-refractivity contribution in [2.24, 2.45) is 0 Å². The maximum Gasteiger partial charge on any atom is 0.258 e. The van der Waals surface area contributed by atoms with Crippen molar-refractivity contribution in [3.05, 3.63) is 77.0 Å². The van der Waals surface area contributed by atoms with Crippen molar-refractivity contribution in [1.29, 1.82) is 0 Å². The molecule has 2 amide bonds. The van der Waals surface area contributed by atoms with Gasteiger partial charge >= 0.3 is 0 Å². The number of amides is 2. The third-order valence-corrected chi connectivity index (χ3v) is 6.42. The summed E-state index contributed by atoms with van der Waals surface area (Å²) in [5.74, 6) is -5.81. The minimum Gasteiger partial charge on any atom is -0.631 e. The molecule has 0 atom stereocenters. The van der Waals surface area contributed by atoms with Crippen LogP contribution in [-0.4, -0.2) is 72.7 Å². The number of rotatable bonds is 6.